The van der Waals surface area contributed by atoms with Crippen LogP contribution in [0.25, 0.3) is 12.2 Å². The molecule has 0 aromatic carbocycles. The number of fused-ring (bicyclic) bond motifs is 6. The smallest absolute Gasteiger partial charge is 0.0705 e. The number of H-pyrrole nitrogens is 1. The zero-order valence-electron chi connectivity index (χ0n) is 13.4. The van der Waals surface area contributed by atoms with Crippen molar-refractivity contribution in [3.63, 3.8) is 0 Å². The minimum Gasteiger partial charge on any atom is -0.355 e. The largest absolute Gasteiger partial charge is 0.355 e. The molecule has 1 aromatic heterocycles. The molecule has 8 bridgehead atoms. The van der Waals surface area contributed by atoms with Crippen molar-refractivity contribution in [2.45, 2.75) is 37.4 Å². The van der Waals surface area contributed by atoms with Crippen molar-refractivity contribution in [2.75, 3.05) is 0 Å². The predicted octanol–water partition coefficient (Wildman–Crippen LogP) is 1.37. The van der Waals surface area contributed by atoms with E-state index >= 15 is 0 Å². The molecule has 0 radical (unpaired) electrons. The lowest BCUT2D eigenvalue weighted by atomic mass is 10.1. The Hall–Kier alpha value is -2.46. The van der Waals surface area contributed by atoms with Crippen LogP contribution in [0.2, 0.25) is 0 Å². The Morgan fingerprint density at radius 2 is 1.83 bits per heavy atom. The van der Waals surface area contributed by atoms with Crippen LogP contribution in [0.1, 0.15) is 19.3 Å². The minimum absolute atomic E-state index is 0.296. The Kier molecular flexibility index (Phi) is 3.23. The van der Waals surface area contributed by atoms with Crippen molar-refractivity contribution in [3.05, 3.63) is 58.9 Å². The van der Waals surface area contributed by atoms with E-state index in [1.54, 1.807) is 0 Å². The Morgan fingerprint density at radius 1 is 0.958 bits per heavy atom. The molecule has 2 N–H and O–H groups in total. The van der Waals surface area contributed by atoms with Crippen molar-refractivity contribution in [1.29, 1.82) is 0 Å². The Labute approximate surface area is 140 Å². The monoisotopic (exact) mass is 316 g/mol. The average Bonchev–Trinajstić information content (AvgIpc) is 3.32. The summed E-state index contributed by atoms with van der Waals surface area (Å²) in [5.74, 6) is 0. The van der Waals surface area contributed by atoms with Gasteiger partial charge in [0.2, 0.25) is 0 Å². The first-order valence-corrected chi connectivity index (χ1v) is 8.69. The maximum absolute atomic E-state index is 4.84. The molecular weight excluding hydrogens is 296 g/mol. The van der Waals surface area contributed by atoms with Crippen LogP contribution in [0, 0.1) is 0 Å². The summed E-state index contributed by atoms with van der Waals surface area (Å²) in [5, 5.41) is 5.87. The fourth-order valence-electron chi connectivity index (χ4n) is 3.85. The van der Waals surface area contributed by atoms with Crippen molar-refractivity contribution < 1.29 is 0 Å². The molecule has 4 aliphatic heterocycles. The maximum Gasteiger partial charge on any atom is 0.0705 e. The van der Waals surface area contributed by atoms with Gasteiger partial charge in [-0.25, -0.2) is 4.99 Å². The number of allylic oxidation sites excluding steroid dienone is 3. The Morgan fingerprint density at radius 3 is 2.75 bits per heavy atom. The van der Waals surface area contributed by atoms with E-state index in [-0.39, 0.29) is 0 Å². The van der Waals surface area contributed by atoms with E-state index in [0.717, 1.165) is 34.2 Å². The number of rotatable bonds is 0. The van der Waals surface area contributed by atoms with E-state index in [2.05, 4.69) is 65.0 Å². The second-order valence-electron chi connectivity index (χ2n) is 6.88. The van der Waals surface area contributed by atoms with Crippen molar-refractivity contribution in [3.8, 4) is 0 Å². The van der Waals surface area contributed by atoms with Gasteiger partial charge >= 0.3 is 0 Å². The van der Waals surface area contributed by atoms with Gasteiger partial charge in [0.15, 0.2) is 0 Å². The molecule has 0 spiro atoms. The third kappa shape index (κ3) is 2.74. The van der Waals surface area contributed by atoms with Crippen LogP contribution < -0.4 is 16.0 Å². The van der Waals surface area contributed by atoms with Crippen LogP contribution in [-0.2, 0) is 0 Å². The normalized spacial score (nSPS) is 35.5. The Bertz CT molecular complexity index is 939. The lowest BCUT2D eigenvalue weighted by Crippen LogP contribution is -2.30. The molecule has 24 heavy (non-hydrogen) atoms. The number of aromatic nitrogens is 1. The third-order valence-electron chi connectivity index (χ3n) is 5.00. The molecule has 0 saturated carbocycles. The van der Waals surface area contributed by atoms with Gasteiger partial charge in [-0.05, 0) is 67.9 Å². The summed E-state index contributed by atoms with van der Waals surface area (Å²) in [6.07, 6.45) is 18.5. The molecule has 5 rings (SSSR count). The highest BCUT2D eigenvalue weighted by Crippen LogP contribution is 2.22. The zero-order chi connectivity index (χ0) is 15.9. The number of aliphatic imine (C=N–C) groups is 2. The van der Waals surface area contributed by atoms with Crippen molar-refractivity contribution in [2.24, 2.45) is 9.98 Å². The summed E-state index contributed by atoms with van der Waals surface area (Å²) in [5.41, 5.74) is 3.11. The van der Waals surface area contributed by atoms with E-state index in [0.29, 0.717) is 18.1 Å². The first-order valence-electron chi connectivity index (χ1n) is 8.69. The summed E-state index contributed by atoms with van der Waals surface area (Å²) < 4.78 is 0. The van der Waals surface area contributed by atoms with Gasteiger partial charge in [0.1, 0.15) is 0 Å². The summed E-state index contributed by atoms with van der Waals surface area (Å²) in [7, 11) is 0. The molecule has 1 fully saturated rings. The molecule has 0 aliphatic carbocycles. The molecule has 3 unspecified atom stereocenters. The molecule has 3 atom stereocenters. The van der Waals surface area contributed by atoms with Crippen LogP contribution >= 0.6 is 0 Å². The summed E-state index contributed by atoms with van der Waals surface area (Å²) in [6, 6.07) is 5.43. The van der Waals surface area contributed by atoms with Crippen LogP contribution in [-0.4, -0.2) is 34.5 Å². The second-order valence-corrected chi connectivity index (χ2v) is 6.88. The highest BCUT2D eigenvalue weighted by Gasteiger charge is 2.25. The molecule has 120 valence electrons. The quantitative estimate of drug-likeness (QED) is 0.746. The highest BCUT2D eigenvalue weighted by atomic mass is 15.0. The summed E-state index contributed by atoms with van der Waals surface area (Å²) >= 11 is 0. The maximum atomic E-state index is 4.84. The van der Waals surface area contributed by atoms with Gasteiger partial charge in [-0.15, -0.1) is 0 Å². The SMILES string of the molecule is C1=C/C2=C/C3CCC(CC4C=CC(=N4)/C=c4/cc/c([nH]4)=C/C1=N2)N3. The molecule has 0 amide bonds. The standard InChI is InChI=1S/C20H20N4/c1-2-14-10-16-5-6-18(23-16)12-20-8-7-19(24-20)11-17-4-3-15(22-17)9-13(1)21-14/h1-6,9-11,18-21,24H,7-8,12H2/b13-9-,14-10-,17-11-. The van der Waals surface area contributed by atoms with Gasteiger partial charge < -0.3 is 10.3 Å². The molecule has 1 aromatic rings. The molecule has 4 nitrogen and oxygen atoms in total. The number of nitrogens with zero attached hydrogens (tertiary/aromatic N) is 2. The predicted molar refractivity (Wildman–Crippen MR) is 98.6 cm³/mol. The zero-order valence-corrected chi connectivity index (χ0v) is 13.4. The number of aromatic amines is 1. The molecule has 4 heteroatoms. The second kappa shape index (κ2) is 5.56. The van der Waals surface area contributed by atoms with Gasteiger partial charge in [0.05, 0.1) is 23.2 Å². The lowest BCUT2D eigenvalue weighted by Gasteiger charge is -2.14. The fourth-order valence-corrected chi connectivity index (χ4v) is 3.85. The van der Waals surface area contributed by atoms with E-state index in [1.165, 1.54) is 12.8 Å². The highest BCUT2D eigenvalue weighted by molar-refractivity contribution is 6.19. The number of hydrogen-bond donors (Lipinski definition) is 2. The van der Waals surface area contributed by atoms with Gasteiger partial charge in [-0.2, -0.15) is 0 Å². The first-order chi connectivity index (χ1) is 11.8. The lowest BCUT2D eigenvalue weighted by molar-refractivity contribution is 0.518. The van der Waals surface area contributed by atoms with Crippen molar-refractivity contribution >= 4 is 23.6 Å². The fraction of sp³-hybridized carbons (Fsp3) is 0.300. The number of nitrogens with one attached hydrogen (secondary N) is 2. The van der Waals surface area contributed by atoms with Crippen LogP contribution in [0.4, 0.5) is 0 Å². The minimum atomic E-state index is 0.296. The van der Waals surface area contributed by atoms with Gasteiger partial charge in [-0.1, -0.05) is 6.08 Å². The summed E-state index contributed by atoms with van der Waals surface area (Å²) in [4.78, 5) is 13.0. The first kappa shape index (κ1) is 13.9. The molecular formula is C20H20N4. The van der Waals surface area contributed by atoms with Gasteiger partial charge in [0.25, 0.3) is 0 Å². The third-order valence-corrected chi connectivity index (χ3v) is 5.00. The van der Waals surface area contributed by atoms with Gasteiger partial charge in [0, 0.05) is 22.8 Å². The van der Waals surface area contributed by atoms with Crippen molar-refractivity contribution in [1.82, 2.24) is 10.3 Å². The Balaban J connectivity index is 1.58. The van der Waals surface area contributed by atoms with Crippen LogP contribution in [0.3, 0.4) is 0 Å². The van der Waals surface area contributed by atoms with E-state index in [1.807, 2.05) is 0 Å². The van der Waals surface area contributed by atoms with E-state index in [9.17, 15) is 0 Å². The topological polar surface area (TPSA) is 52.5 Å². The average molecular weight is 316 g/mol. The van der Waals surface area contributed by atoms with E-state index in [4.69, 9.17) is 9.98 Å². The van der Waals surface area contributed by atoms with Crippen LogP contribution in [0.5, 0.6) is 0 Å². The molecule has 1 saturated heterocycles. The number of hydrogen-bond acceptors (Lipinski definition) is 3. The molecule has 5 heterocycles. The summed E-state index contributed by atoms with van der Waals surface area (Å²) in [6.45, 7) is 0. The van der Waals surface area contributed by atoms with Gasteiger partial charge in [-0.3, -0.25) is 4.99 Å². The van der Waals surface area contributed by atoms with E-state index < -0.39 is 0 Å². The van der Waals surface area contributed by atoms with Crippen LogP contribution in [0.15, 0.2) is 58.2 Å². The molecule has 4 aliphatic rings.